The molecular weight excluding hydrogens is 318 g/mol. The zero-order valence-electron chi connectivity index (χ0n) is 14.8. The second-order valence-electron chi connectivity index (χ2n) is 6.56. The third-order valence-electron chi connectivity index (χ3n) is 4.37. The third-order valence-corrected chi connectivity index (χ3v) is 5.57. The van der Waals surface area contributed by atoms with Gasteiger partial charge in [-0.25, -0.2) is 0 Å². The van der Waals surface area contributed by atoms with E-state index in [9.17, 15) is 4.79 Å². The number of carbonyl (C=O) groups is 1. The Bertz CT molecular complexity index is 840. The fourth-order valence-electron chi connectivity index (χ4n) is 2.84. The maximum absolute atomic E-state index is 12.6. The van der Waals surface area contributed by atoms with E-state index in [1.165, 1.54) is 16.9 Å². The van der Waals surface area contributed by atoms with Crippen LogP contribution in [0.4, 0.5) is 0 Å². The van der Waals surface area contributed by atoms with Crippen LogP contribution < -0.4 is 5.32 Å². The highest BCUT2D eigenvalue weighted by Gasteiger charge is 2.17. The minimum atomic E-state index is -0.0314. The summed E-state index contributed by atoms with van der Waals surface area (Å²) in [7, 11) is 1.91. The number of nitrogens with zero attached hydrogens (tertiary/aromatic N) is 2. The number of rotatable bonds is 4. The Kier molecular flexibility index (Phi) is 4.45. The molecule has 1 unspecified atom stereocenters. The third kappa shape index (κ3) is 3.08. The molecule has 1 atom stereocenters. The quantitative estimate of drug-likeness (QED) is 0.756. The van der Waals surface area contributed by atoms with Gasteiger partial charge in [0.25, 0.3) is 5.91 Å². The Balaban J connectivity index is 1.76. The number of nitrogens with one attached hydrogen (secondary N) is 1. The molecule has 2 heterocycles. The summed E-state index contributed by atoms with van der Waals surface area (Å²) in [6.07, 6.45) is 0. The van der Waals surface area contributed by atoms with E-state index in [4.69, 9.17) is 0 Å². The Morgan fingerprint density at radius 3 is 2.38 bits per heavy atom. The lowest BCUT2D eigenvalue weighted by Gasteiger charge is -2.15. The first-order chi connectivity index (χ1) is 11.4. The molecule has 1 N–H and O–H groups in total. The van der Waals surface area contributed by atoms with E-state index in [0.29, 0.717) is 5.92 Å². The minimum absolute atomic E-state index is 0.0249. The molecule has 0 saturated heterocycles. The monoisotopic (exact) mass is 341 g/mol. The van der Waals surface area contributed by atoms with E-state index in [1.54, 1.807) is 0 Å². The summed E-state index contributed by atoms with van der Waals surface area (Å²) in [5, 5.41) is 8.53. The molecule has 4 nitrogen and oxygen atoms in total. The van der Waals surface area contributed by atoms with Crippen LogP contribution in [-0.2, 0) is 7.05 Å². The number of benzene rings is 1. The predicted octanol–water partition coefficient (Wildman–Crippen LogP) is 4.56. The number of hydrogen-bond acceptors (Lipinski definition) is 3. The van der Waals surface area contributed by atoms with Crippen molar-refractivity contribution in [1.82, 2.24) is 15.1 Å². The highest BCUT2D eigenvalue weighted by Crippen LogP contribution is 2.28. The van der Waals surface area contributed by atoms with Crippen molar-refractivity contribution in [1.29, 1.82) is 0 Å². The molecule has 0 aliphatic carbocycles. The maximum Gasteiger partial charge on any atom is 0.261 e. The van der Waals surface area contributed by atoms with E-state index in [1.807, 2.05) is 31.6 Å². The highest BCUT2D eigenvalue weighted by molar-refractivity contribution is 7.20. The van der Waals surface area contributed by atoms with Crippen LogP contribution in [0.1, 0.15) is 59.2 Å². The molecule has 1 amide bonds. The van der Waals surface area contributed by atoms with Gasteiger partial charge in [0.05, 0.1) is 16.6 Å². The van der Waals surface area contributed by atoms with E-state index < -0.39 is 0 Å². The molecule has 3 rings (SSSR count). The van der Waals surface area contributed by atoms with Crippen molar-refractivity contribution in [2.75, 3.05) is 0 Å². The second kappa shape index (κ2) is 6.40. The van der Waals surface area contributed by atoms with E-state index in [0.717, 1.165) is 26.4 Å². The smallest absolute Gasteiger partial charge is 0.261 e. The molecular formula is C19H23N3OS. The summed E-state index contributed by atoms with van der Waals surface area (Å²) in [6.45, 7) is 8.34. The van der Waals surface area contributed by atoms with Gasteiger partial charge in [0, 0.05) is 12.4 Å². The van der Waals surface area contributed by atoms with E-state index in [2.05, 4.69) is 48.5 Å². The predicted molar refractivity (Wildman–Crippen MR) is 99.7 cm³/mol. The van der Waals surface area contributed by atoms with Crippen LogP contribution in [0, 0.1) is 6.92 Å². The Hall–Kier alpha value is -2.14. The molecule has 0 aliphatic rings. The number of fused-ring (bicyclic) bond motifs is 1. The Morgan fingerprint density at radius 1 is 1.17 bits per heavy atom. The molecule has 1 aromatic carbocycles. The van der Waals surface area contributed by atoms with Gasteiger partial charge in [0.1, 0.15) is 4.83 Å². The van der Waals surface area contributed by atoms with Gasteiger partial charge in [-0.15, -0.1) is 11.3 Å². The highest BCUT2D eigenvalue weighted by atomic mass is 32.1. The van der Waals surface area contributed by atoms with Crippen LogP contribution in [0.15, 0.2) is 30.3 Å². The summed E-state index contributed by atoms with van der Waals surface area (Å²) in [5.74, 6) is 0.482. The molecule has 3 aromatic rings. The molecule has 0 aliphatic heterocycles. The normalized spacial score (nSPS) is 12.8. The zero-order valence-corrected chi connectivity index (χ0v) is 15.6. The molecule has 0 radical (unpaired) electrons. The Morgan fingerprint density at radius 2 is 1.79 bits per heavy atom. The van der Waals surface area contributed by atoms with Gasteiger partial charge >= 0.3 is 0 Å². The summed E-state index contributed by atoms with van der Waals surface area (Å²) in [5.41, 5.74) is 3.39. The second-order valence-corrected chi connectivity index (χ2v) is 7.59. The van der Waals surface area contributed by atoms with Gasteiger partial charge in [0.15, 0.2) is 0 Å². The van der Waals surface area contributed by atoms with Crippen LogP contribution in [0.5, 0.6) is 0 Å². The summed E-state index contributed by atoms with van der Waals surface area (Å²) < 4.78 is 1.83. The molecule has 0 saturated carbocycles. The molecule has 5 heteroatoms. The topological polar surface area (TPSA) is 46.9 Å². The molecule has 126 valence electrons. The zero-order chi connectivity index (χ0) is 17.4. The number of amides is 1. The van der Waals surface area contributed by atoms with Crippen molar-refractivity contribution < 1.29 is 4.79 Å². The van der Waals surface area contributed by atoms with Crippen molar-refractivity contribution in [3.8, 4) is 0 Å². The van der Waals surface area contributed by atoms with Crippen molar-refractivity contribution in [2.45, 2.75) is 39.7 Å². The first-order valence-corrected chi connectivity index (χ1v) is 9.02. The molecule has 0 bridgehead atoms. The number of aromatic nitrogens is 2. The number of carbonyl (C=O) groups excluding carboxylic acids is 1. The standard InChI is InChI=1S/C19H23N3OS/c1-11(2)14-6-8-15(9-7-14)12(3)20-18(23)17-10-16-13(4)21-22(5)19(16)24-17/h6-12H,1-5H3,(H,20,23). The number of thiophene rings is 1. The lowest BCUT2D eigenvalue weighted by Crippen LogP contribution is -2.25. The van der Waals surface area contributed by atoms with E-state index in [-0.39, 0.29) is 11.9 Å². The lowest BCUT2D eigenvalue weighted by atomic mass is 9.99. The average Bonchev–Trinajstić information content (AvgIpc) is 3.09. The van der Waals surface area contributed by atoms with Crippen LogP contribution in [0.3, 0.4) is 0 Å². The van der Waals surface area contributed by atoms with Crippen molar-refractivity contribution in [3.63, 3.8) is 0 Å². The molecule has 0 spiro atoms. The summed E-state index contributed by atoms with van der Waals surface area (Å²) in [4.78, 5) is 14.3. The molecule has 2 aromatic heterocycles. The lowest BCUT2D eigenvalue weighted by molar-refractivity contribution is 0.0944. The fraction of sp³-hybridized carbons (Fsp3) is 0.368. The minimum Gasteiger partial charge on any atom is -0.345 e. The maximum atomic E-state index is 12.6. The van der Waals surface area contributed by atoms with Gasteiger partial charge in [-0.3, -0.25) is 9.48 Å². The van der Waals surface area contributed by atoms with Crippen LogP contribution in [0.25, 0.3) is 10.2 Å². The largest absolute Gasteiger partial charge is 0.345 e. The van der Waals surface area contributed by atoms with Crippen molar-refractivity contribution in [2.24, 2.45) is 7.05 Å². The molecule has 0 fully saturated rings. The van der Waals surface area contributed by atoms with Crippen molar-refractivity contribution >= 4 is 27.5 Å². The molecule has 24 heavy (non-hydrogen) atoms. The number of aryl methyl sites for hydroxylation is 2. The Labute approximate surface area is 146 Å². The van der Waals surface area contributed by atoms with Crippen LogP contribution in [0.2, 0.25) is 0 Å². The number of hydrogen-bond donors (Lipinski definition) is 1. The first-order valence-electron chi connectivity index (χ1n) is 8.20. The van der Waals surface area contributed by atoms with Gasteiger partial charge in [-0.05, 0) is 37.0 Å². The average molecular weight is 341 g/mol. The van der Waals surface area contributed by atoms with Gasteiger partial charge in [0.2, 0.25) is 0 Å². The van der Waals surface area contributed by atoms with Crippen molar-refractivity contribution in [3.05, 3.63) is 52.0 Å². The fourth-order valence-corrected chi connectivity index (χ4v) is 3.86. The van der Waals surface area contributed by atoms with Crippen LogP contribution >= 0.6 is 11.3 Å². The first kappa shape index (κ1) is 16.7. The van der Waals surface area contributed by atoms with Gasteiger partial charge < -0.3 is 5.32 Å². The van der Waals surface area contributed by atoms with Crippen LogP contribution in [-0.4, -0.2) is 15.7 Å². The SMILES string of the molecule is Cc1nn(C)c2sc(C(=O)NC(C)c3ccc(C(C)C)cc3)cc12. The summed E-state index contributed by atoms with van der Waals surface area (Å²) in [6, 6.07) is 10.4. The van der Waals surface area contributed by atoms with E-state index >= 15 is 0 Å². The summed E-state index contributed by atoms with van der Waals surface area (Å²) >= 11 is 1.48. The van der Waals surface area contributed by atoms with Gasteiger partial charge in [-0.2, -0.15) is 5.10 Å². The van der Waals surface area contributed by atoms with Gasteiger partial charge in [-0.1, -0.05) is 38.1 Å².